The Kier molecular flexibility index (Phi) is 3.38. The second kappa shape index (κ2) is 5.82. The lowest BCUT2D eigenvalue weighted by Gasteiger charge is -2.33. The molecule has 2 aromatic carbocycles. The van der Waals surface area contributed by atoms with Gasteiger partial charge in [0.25, 0.3) is 0 Å². The first kappa shape index (κ1) is 13.4. The van der Waals surface area contributed by atoms with E-state index in [1.165, 1.54) is 0 Å². The number of anilines is 1. The third kappa shape index (κ3) is 2.60. The van der Waals surface area contributed by atoms with Crippen molar-refractivity contribution in [2.24, 2.45) is 10.2 Å². The molecule has 0 radical (unpaired) electrons. The van der Waals surface area contributed by atoms with Crippen LogP contribution in [0.4, 0.5) is 5.69 Å². The van der Waals surface area contributed by atoms with Gasteiger partial charge in [-0.15, -0.1) is 10.2 Å². The molecule has 0 spiro atoms. The van der Waals surface area contributed by atoms with Gasteiger partial charge in [0.15, 0.2) is 5.84 Å². The summed E-state index contributed by atoms with van der Waals surface area (Å²) in [6.45, 7) is 0. The number of hydrazone groups is 2. The van der Waals surface area contributed by atoms with Crippen molar-refractivity contribution < 1.29 is 0 Å². The highest BCUT2D eigenvalue weighted by molar-refractivity contribution is 6.00. The number of allylic oxidation sites excluding steroid dienone is 1. The Labute approximate surface area is 133 Å². The van der Waals surface area contributed by atoms with E-state index in [9.17, 15) is 0 Å². The summed E-state index contributed by atoms with van der Waals surface area (Å²) >= 11 is 0. The lowest BCUT2D eigenvalue weighted by Crippen LogP contribution is -2.57. The molecule has 2 N–H and O–H groups in total. The predicted molar refractivity (Wildman–Crippen MR) is 89.5 cm³/mol. The standard InChI is InChI=1S/C16H15N7/c1-3-8-14(9-4-1)16-19-21(15-10-5-2-6-11-15)23(20-16)22-17-12-7-13-18-22/h1-13,17H,(H,19,20). The summed E-state index contributed by atoms with van der Waals surface area (Å²) < 4.78 is 0. The molecule has 0 saturated heterocycles. The van der Waals surface area contributed by atoms with Crippen molar-refractivity contribution in [1.82, 2.24) is 21.3 Å². The number of para-hydroxylation sites is 1. The van der Waals surface area contributed by atoms with E-state index in [0.29, 0.717) is 0 Å². The number of hydrogen-bond acceptors (Lipinski definition) is 7. The van der Waals surface area contributed by atoms with E-state index in [2.05, 4.69) is 21.1 Å². The van der Waals surface area contributed by atoms with Crippen LogP contribution in [0.15, 0.2) is 83.1 Å². The van der Waals surface area contributed by atoms with Crippen molar-refractivity contribution in [2.75, 3.05) is 5.12 Å². The minimum absolute atomic E-state index is 0.737. The van der Waals surface area contributed by atoms with E-state index in [1.807, 2.05) is 66.7 Å². The molecule has 0 bridgehead atoms. The summed E-state index contributed by atoms with van der Waals surface area (Å²) in [6, 6.07) is 19.8. The highest BCUT2D eigenvalue weighted by Crippen LogP contribution is 2.21. The van der Waals surface area contributed by atoms with E-state index < -0.39 is 0 Å². The summed E-state index contributed by atoms with van der Waals surface area (Å²) in [7, 11) is 0. The van der Waals surface area contributed by atoms with Crippen LogP contribution in [0.5, 0.6) is 0 Å². The van der Waals surface area contributed by atoms with Crippen molar-refractivity contribution >= 4 is 17.7 Å². The first-order chi connectivity index (χ1) is 11.4. The van der Waals surface area contributed by atoms with Crippen LogP contribution in [0, 0.1) is 0 Å². The van der Waals surface area contributed by atoms with Crippen LogP contribution in [0.1, 0.15) is 5.56 Å². The smallest absolute Gasteiger partial charge is 0.172 e. The minimum atomic E-state index is 0.737. The largest absolute Gasteiger partial charge is 0.271 e. The van der Waals surface area contributed by atoms with Crippen molar-refractivity contribution in [1.29, 1.82) is 0 Å². The number of hydrazine groups is 4. The van der Waals surface area contributed by atoms with Crippen molar-refractivity contribution in [3.8, 4) is 0 Å². The van der Waals surface area contributed by atoms with Gasteiger partial charge in [0.2, 0.25) is 0 Å². The third-order valence-electron chi connectivity index (χ3n) is 3.34. The molecule has 0 saturated carbocycles. The van der Waals surface area contributed by atoms with E-state index in [-0.39, 0.29) is 0 Å². The molecule has 0 amide bonds. The van der Waals surface area contributed by atoms with E-state index in [1.54, 1.807) is 28.0 Å². The summed E-state index contributed by atoms with van der Waals surface area (Å²) in [5.41, 5.74) is 8.19. The van der Waals surface area contributed by atoms with Gasteiger partial charge in [0.05, 0.1) is 11.9 Å². The molecule has 2 aromatic rings. The Morgan fingerprint density at radius 2 is 1.61 bits per heavy atom. The maximum atomic E-state index is 4.67. The molecule has 7 heteroatoms. The fourth-order valence-corrected chi connectivity index (χ4v) is 2.27. The van der Waals surface area contributed by atoms with Gasteiger partial charge < -0.3 is 0 Å². The maximum absolute atomic E-state index is 4.67. The highest BCUT2D eigenvalue weighted by Gasteiger charge is 2.30. The first-order valence-corrected chi connectivity index (χ1v) is 7.23. The van der Waals surface area contributed by atoms with Crippen molar-refractivity contribution in [2.45, 2.75) is 0 Å². The second-order valence-electron chi connectivity index (χ2n) is 4.88. The molecule has 0 fully saturated rings. The number of nitrogens with zero attached hydrogens (tertiary/aromatic N) is 5. The Morgan fingerprint density at radius 1 is 0.870 bits per heavy atom. The summed E-state index contributed by atoms with van der Waals surface area (Å²) in [4.78, 5) is 0. The zero-order chi connectivity index (χ0) is 15.5. The minimum Gasteiger partial charge on any atom is -0.271 e. The van der Waals surface area contributed by atoms with Crippen LogP contribution in [0.25, 0.3) is 0 Å². The fraction of sp³-hybridized carbons (Fsp3) is 0. The number of benzene rings is 2. The SMILES string of the molecule is C1=CNN(N2NC(c3ccccc3)=NN2c2ccccc2)N=C1. The summed E-state index contributed by atoms with van der Waals surface area (Å²) in [5, 5.41) is 13.9. The Morgan fingerprint density at radius 3 is 2.30 bits per heavy atom. The summed E-state index contributed by atoms with van der Waals surface area (Å²) in [6.07, 6.45) is 5.30. The number of amidine groups is 1. The molecule has 0 aliphatic carbocycles. The van der Waals surface area contributed by atoms with Gasteiger partial charge in [0.1, 0.15) is 0 Å². The number of nitrogens with one attached hydrogen (secondary N) is 2. The lowest BCUT2D eigenvalue weighted by molar-refractivity contribution is -0.0814. The monoisotopic (exact) mass is 305 g/mol. The lowest BCUT2D eigenvalue weighted by atomic mass is 10.2. The van der Waals surface area contributed by atoms with E-state index in [4.69, 9.17) is 0 Å². The van der Waals surface area contributed by atoms with Gasteiger partial charge in [-0.3, -0.25) is 10.9 Å². The quantitative estimate of drug-likeness (QED) is 0.906. The molecule has 7 nitrogen and oxygen atoms in total. The van der Waals surface area contributed by atoms with Gasteiger partial charge >= 0.3 is 0 Å². The molecule has 2 aliphatic rings. The van der Waals surface area contributed by atoms with Crippen LogP contribution < -0.4 is 16.0 Å². The fourth-order valence-electron chi connectivity index (χ4n) is 2.27. The third-order valence-corrected chi connectivity index (χ3v) is 3.34. The van der Waals surface area contributed by atoms with Gasteiger partial charge in [-0.2, -0.15) is 5.12 Å². The molecule has 2 aliphatic heterocycles. The Balaban J connectivity index is 1.69. The average Bonchev–Trinajstić information content (AvgIpc) is 3.09. The van der Waals surface area contributed by atoms with Crippen molar-refractivity contribution in [3.05, 3.63) is 78.5 Å². The molecular weight excluding hydrogens is 290 g/mol. The summed E-state index contributed by atoms with van der Waals surface area (Å²) in [5.74, 6) is 0.737. The predicted octanol–water partition coefficient (Wildman–Crippen LogP) is 1.82. The van der Waals surface area contributed by atoms with E-state index >= 15 is 0 Å². The van der Waals surface area contributed by atoms with Crippen LogP contribution in [-0.2, 0) is 0 Å². The van der Waals surface area contributed by atoms with Gasteiger partial charge in [-0.1, -0.05) is 53.8 Å². The van der Waals surface area contributed by atoms with Crippen molar-refractivity contribution in [3.63, 3.8) is 0 Å². The van der Waals surface area contributed by atoms with Gasteiger partial charge in [-0.25, -0.2) is 0 Å². The number of hydrogen-bond donors (Lipinski definition) is 2. The zero-order valence-corrected chi connectivity index (χ0v) is 12.2. The topological polar surface area (TPSA) is 58.5 Å². The Bertz CT molecular complexity index is 755. The van der Waals surface area contributed by atoms with Gasteiger partial charge in [-0.05, 0) is 18.2 Å². The second-order valence-corrected chi connectivity index (χ2v) is 4.88. The molecule has 0 aromatic heterocycles. The van der Waals surface area contributed by atoms with Crippen LogP contribution in [0.2, 0.25) is 0 Å². The molecule has 0 unspecified atom stereocenters. The maximum Gasteiger partial charge on any atom is 0.172 e. The average molecular weight is 305 g/mol. The van der Waals surface area contributed by atoms with Crippen LogP contribution in [0.3, 0.4) is 0 Å². The van der Waals surface area contributed by atoms with Crippen LogP contribution in [-0.4, -0.2) is 22.5 Å². The molecule has 0 atom stereocenters. The molecular formula is C16H15N7. The Hall–Kier alpha value is -3.32. The van der Waals surface area contributed by atoms with E-state index in [0.717, 1.165) is 17.1 Å². The van der Waals surface area contributed by atoms with Crippen LogP contribution >= 0.6 is 0 Å². The highest BCUT2D eigenvalue weighted by atomic mass is 16.2. The first-order valence-electron chi connectivity index (χ1n) is 7.23. The molecule has 114 valence electrons. The molecule has 23 heavy (non-hydrogen) atoms. The normalized spacial score (nSPS) is 17.0. The zero-order valence-electron chi connectivity index (χ0n) is 12.2. The van der Waals surface area contributed by atoms with Gasteiger partial charge in [0, 0.05) is 17.0 Å². The molecule has 2 heterocycles. The number of rotatable bonds is 3. The molecule has 4 rings (SSSR count).